The zero-order valence-electron chi connectivity index (χ0n) is 22.0. The Balaban J connectivity index is 1.98. The van der Waals surface area contributed by atoms with E-state index in [1.807, 2.05) is 6.07 Å². The molecular formula is C28H35N3O5. The number of nitrogens with zero attached hydrogens (tertiary/aromatic N) is 3. The van der Waals surface area contributed by atoms with Crippen molar-refractivity contribution in [3.05, 3.63) is 64.8 Å². The van der Waals surface area contributed by atoms with Crippen LogP contribution >= 0.6 is 0 Å². The van der Waals surface area contributed by atoms with Crippen molar-refractivity contribution in [1.29, 1.82) is 0 Å². The summed E-state index contributed by atoms with van der Waals surface area (Å²) in [5.74, 6) is 0.339. The molecular weight excluding hydrogens is 458 g/mol. The Bertz CT molecular complexity index is 1260. The summed E-state index contributed by atoms with van der Waals surface area (Å²) in [6, 6.07) is 11.5. The van der Waals surface area contributed by atoms with Gasteiger partial charge in [-0.05, 0) is 42.2 Å². The number of methoxy groups -OCH3 is 2. The highest BCUT2D eigenvalue weighted by atomic mass is 16.5. The zero-order valence-corrected chi connectivity index (χ0v) is 22.0. The molecule has 0 spiro atoms. The lowest BCUT2D eigenvalue weighted by atomic mass is 10.0. The highest BCUT2D eigenvalue weighted by Crippen LogP contribution is 2.28. The van der Waals surface area contributed by atoms with Crippen LogP contribution in [0.2, 0.25) is 0 Å². The van der Waals surface area contributed by atoms with Crippen molar-refractivity contribution in [2.24, 2.45) is 0 Å². The van der Waals surface area contributed by atoms with Crippen LogP contribution in [-0.4, -0.2) is 74.6 Å². The molecule has 2 amide bonds. The Hall–Kier alpha value is -3.81. The fraction of sp³-hybridized carbons (Fsp3) is 0.393. The molecule has 3 aromatic rings. The Morgan fingerprint density at radius 1 is 0.833 bits per heavy atom. The van der Waals surface area contributed by atoms with Crippen LogP contribution in [0.3, 0.4) is 0 Å². The molecule has 8 nitrogen and oxygen atoms in total. The topological polar surface area (TPSA) is 81.1 Å². The monoisotopic (exact) mass is 493 g/mol. The van der Waals surface area contributed by atoms with Gasteiger partial charge >= 0.3 is 5.97 Å². The van der Waals surface area contributed by atoms with Gasteiger partial charge in [-0.25, -0.2) is 4.79 Å². The van der Waals surface area contributed by atoms with E-state index < -0.39 is 5.97 Å². The Labute approximate surface area is 212 Å². The molecule has 0 radical (unpaired) electrons. The van der Waals surface area contributed by atoms with E-state index in [0.717, 1.165) is 27.6 Å². The number of benzene rings is 2. The third-order valence-corrected chi connectivity index (χ3v) is 6.31. The summed E-state index contributed by atoms with van der Waals surface area (Å²) >= 11 is 0. The molecule has 0 saturated heterocycles. The van der Waals surface area contributed by atoms with Crippen molar-refractivity contribution in [1.82, 2.24) is 14.4 Å². The van der Waals surface area contributed by atoms with E-state index in [1.54, 1.807) is 57.2 Å². The van der Waals surface area contributed by atoms with Gasteiger partial charge in [0.15, 0.2) is 0 Å². The van der Waals surface area contributed by atoms with Crippen LogP contribution in [0.4, 0.5) is 0 Å². The largest absolute Gasteiger partial charge is 0.496 e. The Kier molecular flexibility index (Phi) is 8.74. The first kappa shape index (κ1) is 26.8. The van der Waals surface area contributed by atoms with Gasteiger partial charge in [0.25, 0.3) is 0 Å². The number of carbonyl (C=O) groups is 3. The summed E-state index contributed by atoms with van der Waals surface area (Å²) in [7, 11) is 9.97. The van der Waals surface area contributed by atoms with Gasteiger partial charge in [-0.2, -0.15) is 0 Å². The maximum absolute atomic E-state index is 12.2. The Morgan fingerprint density at radius 2 is 1.50 bits per heavy atom. The van der Waals surface area contributed by atoms with Crippen molar-refractivity contribution in [3.8, 4) is 5.75 Å². The molecule has 0 aliphatic heterocycles. The summed E-state index contributed by atoms with van der Waals surface area (Å²) in [5, 5.41) is 1.08. The lowest BCUT2D eigenvalue weighted by Gasteiger charge is -2.13. The van der Waals surface area contributed by atoms with Gasteiger partial charge in [0.1, 0.15) is 5.75 Å². The fourth-order valence-electron chi connectivity index (χ4n) is 4.14. The van der Waals surface area contributed by atoms with Crippen LogP contribution in [0, 0.1) is 0 Å². The number of hydrogen-bond acceptors (Lipinski definition) is 5. The van der Waals surface area contributed by atoms with Crippen molar-refractivity contribution in [2.45, 2.75) is 32.2 Å². The molecule has 0 aliphatic carbocycles. The molecule has 0 fully saturated rings. The normalized spacial score (nSPS) is 10.8. The first-order valence-electron chi connectivity index (χ1n) is 11.9. The molecule has 2 aromatic carbocycles. The number of ether oxygens (including phenoxy) is 2. The molecule has 192 valence electrons. The van der Waals surface area contributed by atoms with Gasteiger partial charge in [0, 0.05) is 63.7 Å². The number of aromatic nitrogens is 1. The molecule has 0 N–H and O–H groups in total. The molecule has 0 unspecified atom stereocenters. The van der Waals surface area contributed by atoms with E-state index in [4.69, 9.17) is 9.47 Å². The predicted octanol–water partition coefficient (Wildman–Crippen LogP) is 3.53. The quantitative estimate of drug-likeness (QED) is 0.404. The highest BCUT2D eigenvalue weighted by Gasteiger charge is 2.16. The number of esters is 1. The van der Waals surface area contributed by atoms with Crippen LogP contribution in [0.5, 0.6) is 5.75 Å². The van der Waals surface area contributed by atoms with E-state index in [2.05, 4.69) is 29.0 Å². The molecule has 3 rings (SSSR count). The van der Waals surface area contributed by atoms with Gasteiger partial charge in [0.05, 0.1) is 26.3 Å². The Morgan fingerprint density at radius 3 is 2.11 bits per heavy atom. The second kappa shape index (κ2) is 11.7. The molecule has 0 saturated carbocycles. The van der Waals surface area contributed by atoms with Gasteiger partial charge in [-0.1, -0.05) is 18.2 Å². The van der Waals surface area contributed by atoms with Gasteiger partial charge in [-0.3, -0.25) is 9.59 Å². The summed E-state index contributed by atoms with van der Waals surface area (Å²) in [6.45, 7) is 0.517. The second-order valence-electron chi connectivity index (χ2n) is 9.23. The molecule has 0 bridgehead atoms. The van der Waals surface area contributed by atoms with E-state index in [0.29, 0.717) is 43.5 Å². The highest BCUT2D eigenvalue weighted by molar-refractivity contribution is 5.90. The van der Waals surface area contributed by atoms with Crippen LogP contribution in [-0.2, 0) is 33.7 Å². The standard InChI is InChI=1S/C28H35N3O5/c1-29(2)26(32)13-8-19-7-12-23-21(11-14-27(33)30(3)4)17-31(24(23)15-19)18-22-10-9-20(28(34)36-6)16-25(22)35-5/h7,9-10,12,15-17H,8,11,13-14,18H2,1-6H3. The van der Waals surface area contributed by atoms with Crippen LogP contribution < -0.4 is 4.74 Å². The average Bonchev–Trinajstić information content (AvgIpc) is 3.21. The minimum atomic E-state index is -0.420. The summed E-state index contributed by atoms with van der Waals surface area (Å²) in [4.78, 5) is 39.5. The van der Waals surface area contributed by atoms with Crippen LogP contribution in [0.1, 0.15) is 39.9 Å². The van der Waals surface area contributed by atoms with Gasteiger partial charge in [0.2, 0.25) is 11.8 Å². The second-order valence-corrected chi connectivity index (χ2v) is 9.23. The molecule has 0 aliphatic rings. The maximum atomic E-state index is 12.2. The van der Waals surface area contributed by atoms with E-state index in [9.17, 15) is 14.4 Å². The first-order valence-corrected chi connectivity index (χ1v) is 11.9. The van der Waals surface area contributed by atoms with Gasteiger partial charge in [-0.15, -0.1) is 0 Å². The fourth-order valence-corrected chi connectivity index (χ4v) is 4.14. The molecule has 36 heavy (non-hydrogen) atoms. The molecule has 1 heterocycles. The number of carbonyl (C=O) groups excluding carboxylic acids is 3. The van der Waals surface area contributed by atoms with E-state index in [1.165, 1.54) is 7.11 Å². The van der Waals surface area contributed by atoms with Crippen molar-refractivity contribution in [2.75, 3.05) is 42.4 Å². The van der Waals surface area contributed by atoms with E-state index >= 15 is 0 Å². The smallest absolute Gasteiger partial charge is 0.337 e. The minimum absolute atomic E-state index is 0.0785. The third-order valence-electron chi connectivity index (χ3n) is 6.31. The molecule has 8 heteroatoms. The number of aryl methyl sites for hydroxylation is 2. The van der Waals surface area contributed by atoms with Crippen molar-refractivity contribution >= 4 is 28.7 Å². The summed E-state index contributed by atoms with van der Waals surface area (Å²) < 4.78 is 12.5. The SMILES string of the molecule is COC(=O)c1ccc(Cn2cc(CCC(=O)N(C)C)c3ccc(CCC(=O)N(C)C)cc32)c(OC)c1. The van der Waals surface area contributed by atoms with Crippen molar-refractivity contribution in [3.63, 3.8) is 0 Å². The predicted molar refractivity (Wildman–Crippen MR) is 139 cm³/mol. The minimum Gasteiger partial charge on any atom is -0.496 e. The van der Waals surface area contributed by atoms with E-state index in [-0.39, 0.29) is 11.8 Å². The lowest BCUT2D eigenvalue weighted by Crippen LogP contribution is -2.21. The van der Waals surface area contributed by atoms with Crippen LogP contribution in [0.25, 0.3) is 10.9 Å². The first-order chi connectivity index (χ1) is 17.1. The number of rotatable bonds is 10. The molecule has 0 atom stereocenters. The van der Waals surface area contributed by atoms with Crippen LogP contribution in [0.15, 0.2) is 42.6 Å². The number of amides is 2. The zero-order chi connectivity index (χ0) is 26.4. The number of hydrogen-bond donors (Lipinski definition) is 0. The molecule has 1 aromatic heterocycles. The third kappa shape index (κ3) is 6.24. The average molecular weight is 494 g/mol. The number of fused-ring (bicyclic) bond motifs is 1. The maximum Gasteiger partial charge on any atom is 0.337 e. The summed E-state index contributed by atoms with van der Waals surface area (Å²) in [6.07, 6.45) is 4.20. The lowest BCUT2D eigenvalue weighted by molar-refractivity contribution is -0.129. The van der Waals surface area contributed by atoms with Gasteiger partial charge < -0.3 is 23.8 Å². The van der Waals surface area contributed by atoms with Crippen molar-refractivity contribution < 1.29 is 23.9 Å². The summed E-state index contributed by atoms with van der Waals surface area (Å²) in [5.41, 5.74) is 4.51.